The van der Waals surface area contributed by atoms with Gasteiger partial charge in [0.1, 0.15) is 5.58 Å². The van der Waals surface area contributed by atoms with E-state index in [9.17, 15) is 4.79 Å². The van der Waals surface area contributed by atoms with E-state index in [2.05, 4.69) is 11.9 Å². The first kappa shape index (κ1) is 22.0. The number of hydrogen-bond acceptors (Lipinski definition) is 3. The van der Waals surface area contributed by atoms with Crippen LogP contribution in [0.15, 0.2) is 108 Å². The molecule has 0 aliphatic heterocycles. The van der Waals surface area contributed by atoms with Crippen molar-refractivity contribution in [3.63, 3.8) is 0 Å². The normalized spacial score (nSPS) is 10.9. The van der Waals surface area contributed by atoms with Crippen molar-refractivity contribution in [2.24, 2.45) is 0 Å². The van der Waals surface area contributed by atoms with Crippen LogP contribution in [0, 0.1) is 0 Å². The predicted molar refractivity (Wildman–Crippen MR) is 141 cm³/mol. The summed E-state index contributed by atoms with van der Waals surface area (Å²) in [6.45, 7) is 4.17. The topological polar surface area (TPSA) is 42.2 Å². The van der Waals surface area contributed by atoms with Crippen LogP contribution in [0.3, 0.4) is 0 Å². The maximum absolute atomic E-state index is 13.6. The van der Waals surface area contributed by atoms with Crippen molar-refractivity contribution < 1.29 is 9.21 Å². The fourth-order valence-electron chi connectivity index (χ4n) is 3.85. The van der Waals surface area contributed by atoms with Gasteiger partial charge in [-0.1, -0.05) is 96.5 Å². The molecule has 166 valence electrons. The molecule has 0 saturated heterocycles. The van der Waals surface area contributed by atoms with Crippen molar-refractivity contribution in [3.05, 3.63) is 131 Å². The number of halogens is 2. The number of ketones is 1. The van der Waals surface area contributed by atoms with Crippen molar-refractivity contribution >= 4 is 51.3 Å². The lowest BCUT2D eigenvalue weighted by molar-refractivity contribution is 0.101. The highest BCUT2D eigenvalue weighted by molar-refractivity contribution is 6.37. The molecule has 0 fully saturated rings. The minimum absolute atomic E-state index is 0.154. The number of hydrogen-bond donors (Lipinski definition) is 1. The summed E-state index contributed by atoms with van der Waals surface area (Å²) in [5, 5.41) is 4.79. The quantitative estimate of drug-likeness (QED) is 0.245. The molecule has 3 nitrogen and oxygen atoms in total. The van der Waals surface area contributed by atoms with Crippen LogP contribution >= 0.6 is 23.2 Å². The van der Waals surface area contributed by atoms with Crippen molar-refractivity contribution in [3.8, 4) is 11.1 Å². The molecule has 5 heteroatoms. The minimum Gasteiger partial charge on any atom is -0.450 e. The lowest BCUT2D eigenvalue weighted by Crippen LogP contribution is -2.06. The van der Waals surface area contributed by atoms with Crippen LogP contribution in [0.25, 0.3) is 27.8 Å². The molecule has 1 aromatic heterocycles. The first-order valence-corrected chi connectivity index (χ1v) is 11.4. The monoisotopic (exact) mass is 483 g/mol. The summed E-state index contributed by atoms with van der Waals surface area (Å²) in [6.07, 6.45) is 0. The Morgan fingerprint density at radius 3 is 2.21 bits per heavy atom. The summed E-state index contributed by atoms with van der Waals surface area (Å²) in [5.41, 5.74) is 5.02. The lowest BCUT2D eigenvalue weighted by Gasteiger charge is -2.11. The molecule has 0 aliphatic carbocycles. The zero-order valence-corrected chi connectivity index (χ0v) is 19.5. The number of rotatable bonds is 6. The van der Waals surface area contributed by atoms with Crippen LogP contribution in [0.4, 0.5) is 5.69 Å². The van der Waals surface area contributed by atoms with E-state index < -0.39 is 0 Å². The predicted octanol–water partition coefficient (Wildman–Crippen LogP) is 8.72. The molecule has 0 unspecified atom stereocenters. The molecule has 0 bridgehead atoms. The highest BCUT2D eigenvalue weighted by Gasteiger charge is 2.25. The fraction of sp³-hybridized carbons (Fsp3) is 0. The van der Waals surface area contributed by atoms with Gasteiger partial charge in [-0.2, -0.15) is 0 Å². The molecule has 0 atom stereocenters. The van der Waals surface area contributed by atoms with Crippen LogP contribution in [-0.2, 0) is 0 Å². The average Bonchev–Trinajstić information content (AvgIpc) is 3.22. The Kier molecular flexibility index (Phi) is 5.97. The molecular formula is C29H19Cl2NO2. The molecule has 0 radical (unpaired) electrons. The molecule has 0 saturated carbocycles. The minimum atomic E-state index is -0.345. The number of nitrogens with one attached hydrogen (secondary N) is 1. The first-order chi connectivity index (χ1) is 16.5. The van der Waals surface area contributed by atoms with Gasteiger partial charge in [0.25, 0.3) is 0 Å². The summed E-state index contributed by atoms with van der Waals surface area (Å²) in [7, 11) is 0. The Bertz CT molecular complexity index is 1520. The van der Waals surface area contributed by atoms with Crippen LogP contribution in [-0.4, -0.2) is 5.78 Å². The van der Waals surface area contributed by atoms with Crippen LogP contribution in [0.2, 0.25) is 10.0 Å². The molecule has 5 rings (SSSR count). The fourth-order valence-corrected chi connectivity index (χ4v) is 4.34. The van der Waals surface area contributed by atoms with Gasteiger partial charge in [0.2, 0.25) is 5.78 Å². The Morgan fingerprint density at radius 1 is 0.794 bits per heavy atom. The molecule has 5 aromatic rings. The van der Waals surface area contributed by atoms with E-state index in [1.807, 2.05) is 78.9 Å². The number of anilines is 1. The average molecular weight is 484 g/mol. The number of carbonyl (C=O) groups is 1. The van der Waals surface area contributed by atoms with Gasteiger partial charge in [-0.05, 0) is 47.0 Å². The molecule has 0 spiro atoms. The summed E-state index contributed by atoms with van der Waals surface area (Å²) in [6, 6.07) is 30.4. The van der Waals surface area contributed by atoms with Gasteiger partial charge in [-0.15, -0.1) is 0 Å². The number of fused-ring (bicyclic) bond motifs is 1. The van der Waals surface area contributed by atoms with Crippen LogP contribution in [0.5, 0.6) is 0 Å². The van der Waals surface area contributed by atoms with E-state index in [1.165, 1.54) is 0 Å². The lowest BCUT2D eigenvalue weighted by atomic mass is 10.0. The van der Waals surface area contributed by atoms with E-state index >= 15 is 0 Å². The standard InChI is InChI=1S/C29H19Cl2NO2/c1-18(19-8-4-2-5-9-19)32-27-24-14-12-21(20-10-6-3-7-11-20)16-26(24)34-29(27)28(33)23-15-13-22(30)17-25(23)31/h2-17,32H,1H2. The molecule has 0 aliphatic rings. The Hall–Kier alpha value is -3.79. The van der Waals surface area contributed by atoms with Crippen molar-refractivity contribution in [1.82, 2.24) is 0 Å². The third-order valence-electron chi connectivity index (χ3n) is 5.58. The highest BCUT2D eigenvalue weighted by atomic mass is 35.5. The number of benzene rings is 4. The number of carbonyl (C=O) groups excluding carboxylic acids is 1. The van der Waals surface area contributed by atoms with Gasteiger partial charge in [0.05, 0.1) is 10.7 Å². The van der Waals surface area contributed by atoms with Crippen molar-refractivity contribution in [2.75, 3.05) is 5.32 Å². The summed E-state index contributed by atoms with van der Waals surface area (Å²) in [5.74, 6) is -0.191. The smallest absolute Gasteiger partial charge is 0.231 e. The molecule has 1 N–H and O–H groups in total. The second-order valence-corrected chi connectivity index (χ2v) is 8.65. The highest BCUT2D eigenvalue weighted by Crippen LogP contribution is 2.37. The third-order valence-corrected chi connectivity index (χ3v) is 6.13. The van der Waals surface area contributed by atoms with Gasteiger partial charge < -0.3 is 9.73 Å². The van der Waals surface area contributed by atoms with E-state index in [0.29, 0.717) is 27.6 Å². The van der Waals surface area contributed by atoms with Crippen LogP contribution in [0.1, 0.15) is 21.7 Å². The Labute approximate surface area is 207 Å². The van der Waals surface area contributed by atoms with Gasteiger partial charge in [0, 0.05) is 21.7 Å². The second kappa shape index (κ2) is 9.22. The first-order valence-electron chi connectivity index (χ1n) is 10.6. The molecule has 1 heterocycles. The maximum Gasteiger partial charge on any atom is 0.231 e. The molecule has 0 amide bonds. The van der Waals surface area contributed by atoms with Gasteiger partial charge >= 0.3 is 0 Å². The molecule has 4 aromatic carbocycles. The van der Waals surface area contributed by atoms with Crippen molar-refractivity contribution in [2.45, 2.75) is 0 Å². The van der Waals surface area contributed by atoms with Gasteiger partial charge in [0.15, 0.2) is 5.76 Å². The zero-order chi connectivity index (χ0) is 23.7. The van der Waals surface area contributed by atoms with E-state index in [4.69, 9.17) is 27.6 Å². The molecular weight excluding hydrogens is 465 g/mol. The van der Waals surface area contributed by atoms with Crippen LogP contribution < -0.4 is 5.32 Å². The summed E-state index contributed by atoms with van der Waals surface area (Å²) < 4.78 is 6.15. The van der Waals surface area contributed by atoms with E-state index in [-0.39, 0.29) is 16.6 Å². The van der Waals surface area contributed by atoms with Gasteiger partial charge in [-0.3, -0.25) is 4.79 Å². The Balaban J connectivity index is 1.64. The van der Waals surface area contributed by atoms with Gasteiger partial charge in [-0.25, -0.2) is 0 Å². The largest absolute Gasteiger partial charge is 0.450 e. The molecule has 34 heavy (non-hydrogen) atoms. The third kappa shape index (κ3) is 4.24. The van der Waals surface area contributed by atoms with Crippen molar-refractivity contribution in [1.29, 1.82) is 0 Å². The maximum atomic E-state index is 13.6. The SMILES string of the molecule is C=C(Nc1c(C(=O)c2ccc(Cl)cc2Cl)oc2cc(-c3ccccc3)ccc12)c1ccccc1. The zero-order valence-electron chi connectivity index (χ0n) is 18.0. The van der Waals surface area contributed by atoms with E-state index in [1.54, 1.807) is 18.2 Å². The summed E-state index contributed by atoms with van der Waals surface area (Å²) >= 11 is 12.4. The summed E-state index contributed by atoms with van der Waals surface area (Å²) in [4.78, 5) is 13.6. The number of furan rings is 1. The van der Waals surface area contributed by atoms with E-state index in [0.717, 1.165) is 22.1 Å². The second-order valence-electron chi connectivity index (χ2n) is 7.81. The Morgan fingerprint density at radius 2 is 1.50 bits per heavy atom.